The number of aryl methyl sites for hydroxylation is 1. The average molecular weight is 222 g/mol. The maximum atomic E-state index is 9.91. The molecule has 1 aromatic rings. The van der Waals surface area contributed by atoms with Gasteiger partial charge in [0.15, 0.2) is 11.5 Å². The van der Waals surface area contributed by atoms with Gasteiger partial charge < -0.3 is 10.2 Å². The summed E-state index contributed by atoms with van der Waals surface area (Å²) in [5.74, 6) is 0.103. The van der Waals surface area contributed by atoms with Crippen molar-refractivity contribution in [2.75, 3.05) is 0 Å². The van der Waals surface area contributed by atoms with Gasteiger partial charge in [-0.1, -0.05) is 26.7 Å². The second kappa shape index (κ2) is 5.78. The minimum absolute atomic E-state index is 0.0171. The number of hydrogen-bond acceptors (Lipinski definition) is 2. The highest BCUT2D eigenvalue weighted by atomic mass is 16.3. The minimum Gasteiger partial charge on any atom is -0.504 e. The van der Waals surface area contributed by atoms with Crippen molar-refractivity contribution < 1.29 is 10.2 Å². The van der Waals surface area contributed by atoms with Crippen molar-refractivity contribution in [1.29, 1.82) is 0 Å². The fourth-order valence-electron chi connectivity index (χ4n) is 2.12. The summed E-state index contributed by atoms with van der Waals surface area (Å²) in [5, 5.41) is 19.5. The summed E-state index contributed by atoms with van der Waals surface area (Å²) in [5.41, 5.74) is 3.25. The monoisotopic (exact) mass is 222 g/mol. The Bertz CT molecular complexity index is 356. The molecule has 2 N–H and O–H groups in total. The zero-order valence-corrected chi connectivity index (χ0v) is 10.5. The van der Waals surface area contributed by atoms with Gasteiger partial charge in [0.2, 0.25) is 0 Å². The van der Waals surface area contributed by atoms with Crippen LogP contribution in [0.15, 0.2) is 6.07 Å². The molecule has 0 unspecified atom stereocenters. The van der Waals surface area contributed by atoms with E-state index in [0.717, 1.165) is 43.2 Å². The molecule has 0 aliphatic heterocycles. The summed E-state index contributed by atoms with van der Waals surface area (Å²) in [4.78, 5) is 0. The maximum absolute atomic E-state index is 9.91. The van der Waals surface area contributed by atoms with Gasteiger partial charge in [0, 0.05) is 5.56 Å². The predicted molar refractivity (Wildman–Crippen MR) is 67.1 cm³/mol. The molecule has 0 aromatic heterocycles. The smallest absolute Gasteiger partial charge is 0.160 e. The number of aromatic hydroxyl groups is 2. The molecule has 0 saturated heterocycles. The zero-order valence-electron chi connectivity index (χ0n) is 10.5. The van der Waals surface area contributed by atoms with Crippen molar-refractivity contribution in [2.45, 2.75) is 52.9 Å². The summed E-state index contributed by atoms with van der Waals surface area (Å²) in [6.07, 6.45) is 5.03. The lowest BCUT2D eigenvalue weighted by Crippen LogP contribution is -1.99. The van der Waals surface area contributed by atoms with Crippen LogP contribution in [0.3, 0.4) is 0 Å². The molecule has 0 radical (unpaired) electrons. The molecule has 0 bridgehead atoms. The van der Waals surface area contributed by atoms with Crippen LogP contribution in [0.5, 0.6) is 11.5 Å². The van der Waals surface area contributed by atoms with E-state index in [-0.39, 0.29) is 11.5 Å². The van der Waals surface area contributed by atoms with Crippen LogP contribution >= 0.6 is 0 Å². The topological polar surface area (TPSA) is 40.5 Å². The van der Waals surface area contributed by atoms with E-state index >= 15 is 0 Å². The van der Waals surface area contributed by atoms with Crippen molar-refractivity contribution in [1.82, 2.24) is 0 Å². The molecule has 0 atom stereocenters. The molecule has 0 aliphatic carbocycles. The molecule has 0 fully saturated rings. The summed E-state index contributed by atoms with van der Waals surface area (Å²) in [7, 11) is 0. The molecule has 2 nitrogen and oxygen atoms in total. The molecule has 16 heavy (non-hydrogen) atoms. The van der Waals surface area contributed by atoms with E-state index in [1.165, 1.54) is 5.56 Å². The molecular weight excluding hydrogens is 200 g/mol. The molecule has 2 heteroatoms. The first-order chi connectivity index (χ1) is 7.61. The van der Waals surface area contributed by atoms with Gasteiger partial charge >= 0.3 is 0 Å². The first-order valence-corrected chi connectivity index (χ1v) is 6.15. The third-order valence-corrected chi connectivity index (χ3v) is 3.00. The lowest BCUT2D eigenvalue weighted by Gasteiger charge is -2.15. The predicted octanol–water partition coefficient (Wildman–Crippen LogP) is 3.70. The standard InChI is InChI=1S/C14H22O2/c1-4-6-8-12-11(7-5-2)10(3)9-13(15)14(12)16/h9,15-16H,4-8H2,1-3H3. The second-order valence-electron chi connectivity index (χ2n) is 4.37. The van der Waals surface area contributed by atoms with Crippen LogP contribution in [0.1, 0.15) is 49.8 Å². The lowest BCUT2D eigenvalue weighted by atomic mass is 9.93. The van der Waals surface area contributed by atoms with Gasteiger partial charge in [0.25, 0.3) is 0 Å². The Labute approximate surface area is 97.9 Å². The lowest BCUT2D eigenvalue weighted by molar-refractivity contribution is 0.397. The molecule has 1 aromatic carbocycles. The number of hydrogen-bond donors (Lipinski definition) is 2. The van der Waals surface area contributed by atoms with E-state index in [4.69, 9.17) is 0 Å². The van der Waals surface area contributed by atoms with E-state index in [9.17, 15) is 10.2 Å². The van der Waals surface area contributed by atoms with Crippen LogP contribution in [-0.2, 0) is 12.8 Å². The van der Waals surface area contributed by atoms with Crippen molar-refractivity contribution in [3.05, 3.63) is 22.8 Å². The van der Waals surface area contributed by atoms with Crippen molar-refractivity contribution >= 4 is 0 Å². The van der Waals surface area contributed by atoms with Crippen LogP contribution in [0.25, 0.3) is 0 Å². The normalized spacial score (nSPS) is 10.7. The number of benzene rings is 1. The molecule has 1 rings (SSSR count). The van der Waals surface area contributed by atoms with Crippen molar-refractivity contribution in [3.63, 3.8) is 0 Å². The Hall–Kier alpha value is -1.18. The summed E-state index contributed by atoms with van der Waals surface area (Å²) in [6.45, 7) is 6.26. The Morgan fingerprint density at radius 1 is 1.00 bits per heavy atom. The van der Waals surface area contributed by atoms with Gasteiger partial charge in [-0.15, -0.1) is 0 Å². The number of phenols is 2. The van der Waals surface area contributed by atoms with E-state index in [0.29, 0.717) is 0 Å². The summed E-state index contributed by atoms with van der Waals surface area (Å²) < 4.78 is 0. The highest BCUT2D eigenvalue weighted by molar-refractivity contribution is 5.52. The van der Waals surface area contributed by atoms with Crippen LogP contribution in [0.2, 0.25) is 0 Å². The Balaban J connectivity index is 3.16. The number of unbranched alkanes of at least 4 members (excludes halogenated alkanes) is 1. The second-order valence-corrected chi connectivity index (χ2v) is 4.37. The zero-order chi connectivity index (χ0) is 12.1. The molecule has 0 spiro atoms. The maximum Gasteiger partial charge on any atom is 0.160 e. The van der Waals surface area contributed by atoms with Crippen molar-refractivity contribution in [3.8, 4) is 11.5 Å². The van der Waals surface area contributed by atoms with Gasteiger partial charge in [0.05, 0.1) is 0 Å². The fraction of sp³-hybridized carbons (Fsp3) is 0.571. The van der Waals surface area contributed by atoms with Gasteiger partial charge in [-0.25, -0.2) is 0 Å². The molecule has 0 heterocycles. The van der Waals surface area contributed by atoms with E-state index in [1.807, 2.05) is 6.92 Å². The van der Waals surface area contributed by atoms with Crippen molar-refractivity contribution in [2.24, 2.45) is 0 Å². The van der Waals surface area contributed by atoms with Gasteiger partial charge in [0.1, 0.15) is 0 Å². The third-order valence-electron chi connectivity index (χ3n) is 3.00. The SMILES string of the molecule is CCCCc1c(O)c(O)cc(C)c1CCC. The Kier molecular flexibility index (Phi) is 4.66. The van der Waals surface area contributed by atoms with Gasteiger partial charge in [-0.05, 0) is 43.4 Å². The molecule has 0 aliphatic rings. The van der Waals surface area contributed by atoms with Crippen LogP contribution in [0, 0.1) is 6.92 Å². The Morgan fingerprint density at radius 2 is 1.69 bits per heavy atom. The Morgan fingerprint density at radius 3 is 2.25 bits per heavy atom. The number of phenolic OH excluding ortho intramolecular Hbond substituents is 2. The first-order valence-electron chi connectivity index (χ1n) is 6.15. The quantitative estimate of drug-likeness (QED) is 0.746. The first kappa shape index (κ1) is 12.9. The summed E-state index contributed by atoms with van der Waals surface area (Å²) >= 11 is 0. The van der Waals surface area contributed by atoms with Gasteiger partial charge in [-0.3, -0.25) is 0 Å². The fourth-order valence-corrected chi connectivity index (χ4v) is 2.12. The third kappa shape index (κ3) is 2.69. The van der Waals surface area contributed by atoms with Crippen LogP contribution in [0.4, 0.5) is 0 Å². The summed E-state index contributed by atoms with van der Waals surface area (Å²) in [6, 6.07) is 1.66. The highest BCUT2D eigenvalue weighted by Gasteiger charge is 2.14. The van der Waals surface area contributed by atoms with Crippen LogP contribution < -0.4 is 0 Å². The van der Waals surface area contributed by atoms with Gasteiger partial charge in [-0.2, -0.15) is 0 Å². The average Bonchev–Trinajstić information content (AvgIpc) is 2.25. The minimum atomic E-state index is 0.0171. The van der Waals surface area contributed by atoms with Crippen LogP contribution in [-0.4, -0.2) is 10.2 Å². The molecule has 0 amide bonds. The molecule has 0 saturated carbocycles. The largest absolute Gasteiger partial charge is 0.504 e. The van der Waals surface area contributed by atoms with E-state index < -0.39 is 0 Å². The molecule has 90 valence electrons. The van der Waals surface area contributed by atoms with E-state index in [1.54, 1.807) is 6.07 Å². The molecular formula is C14H22O2. The number of rotatable bonds is 5. The highest BCUT2D eigenvalue weighted by Crippen LogP contribution is 2.35. The van der Waals surface area contributed by atoms with E-state index in [2.05, 4.69) is 13.8 Å².